The number of benzene rings is 1. The maximum atomic E-state index is 12.0. The minimum absolute atomic E-state index is 0.218. The second-order valence-electron chi connectivity index (χ2n) is 3.94. The quantitative estimate of drug-likeness (QED) is 0.707. The summed E-state index contributed by atoms with van der Waals surface area (Å²) in [5.74, 6) is 1.07. The van der Waals surface area contributed by atoms with Crippen molar-refractivity contribution in [1.82, 2.24) is 15.3 Å². The summed E-state index contributed by atoms with van der Waals surface area (Å²) in [6, 6.07) is 4.96. The number of ether oxygens (including phenoxy) is 1. The monoisotopic (exact) mass is 260 g/mol. The number of carbonyl (C=O) groups excluding carboxylic acids is 1. The number of nitrogens with one attached hydrogen (secondary N) is 2. The molecule has 1 aromatic carbocycles. The summed E-state index contributed by atoms with van der Waals surface area (Å²) in [4.78, 5) is 18.9. The maximum absolute atomic E-state index is 12.0. The van der Waals surface area contributed by atoms with Crippen molar-refractivity contribution in [2.24, 2.45) is 0 Å². The molecule has 2 rings (SSSR count). The Morgan fingerprint density at radius 1 is 1.47 bits per heavy atom. The lowest BCUT2D eigenvalue weighted by atomic mass is 10.1. The standard InChI is InChI=1S/C13H16N4O2/c1-2-19-11-6-9(5-10(14)7-11)13(18)17-8-12-15-3-4-16-12/h3-7H,2,8,14H2,1H3,(H,15,16)(H,17,18). The van der Waals surface area contributed by atoms with E-state index in [1.54, 1.807) is 30.6 Å². The Hall–Kier alpha value is -2.50. The molecule has 1 aromatic heterocycles. The van der Waals surface area contributed by atoms with Gasteiger partial charge >= 0.3 is 0 Å². The lowest BCUT2D eigenvalue weighted by Crippen LogP contribution is -2.23. The van der Waals surface area contributed by atoms with E-state index in [2.05, 4.69) is 15.3 Å². The van der Waals surface area contributed by atoms with Crippen LogP contribution in [-0.4, -0.2) is 22.5 Å². The zero-order valence-corrected chi connectivity index (χ0v) is 10.6. The second kappa shape index (κ2) is 5.90. The van der Waals surface area contributed by atoms with E-state index >= 15 is 0 Å². The molecule has 0 saturated carbocycles. The van der Waals surface area contributed by atoms with E-state index in [0.717, 1.165) is 0 Å². The number of rotatable bonds is 5. The van der Waals surface area contributed by atoms with Gasteiger partial charge in [0.05, 0.1) is 13.2 Å². The minimum atomic E-state index is -0.218. The molecule has 0 bridgehead atoms. The van der Waals surface area contributed by atoms with Crippen LogP contribution in [0.2, 0.25) is 0 Å². The first-order valence-electron chi connectivity index (χ1n) is 5.99. The van der Waals surface area contributed by atoms with Gasteiger partial charge in [-0.05, 0) is 19.1 Å². The van der Waals surface area contributed by atoms with Crippen molar-refractivity contribution in [2.75, 3.05) is 12.3 Å². The Labute approximate surface area is 111 Å². The summed E-state index contributed by atoms with van der Waals surface area (Å²) >= 11 is 0. The fourth-order valence-corrected chi connectivity index (χ4v) is 1.66. The molecule has 0 saturated heterocycles. The van der Waals surface area contributed by atoms with Crippen molar-refractivity contribution >= 4 is 11.6 Å². The average Bonchev–Trinajstić information content (AvgIpc) is 2.88. The molecular weight excluding hydrogens is 244 g/mol. The van der Waals surface area contributed by atoms with Gasteiger partial charge in [0.15, 0.2) is 0 Å². The molecule has 6 nitrogen and oxygen atoms in total. The number of amides is 1. The van der Waals surface area contributed by atoms with Gasteiger partial charge in [0, 0.05) is 29.7 Å². The number of nitrogen functional groups attached to an aromatic ring is 1. The van der Waals surface area contributed by atoms with Crippen LogP contribution in [0.25, 0.3) is 0 Å². The summed E-state index contributed by atoms with van der Waals surface area (Å²) in [6.45, 7) is 2.74. The van der Waals surface area contributed by atoms with Crippen molar-refractivity contribution in [3.05, 3.63) is 42.0 Å². The van der Waals surface area contributed by atoms with Crippen molar-refractivity contribution in [2.45, 2.75) is 13.5 Å². The zero-order chi connectivity index (χ0) is 13.7. The number of aromatic amines is 1. The lowest BCUT2D eigenvalue weighted by molar-refractivity contribution is 0.0949. The maximum Gasteiger partial charge on any atom is 0.251 e. The molecule has 4 N–H and O–H groups in total. The summed E-state index contributed by atoms with van der Waals surface area (Å²) in [7, 11) is 0. The van der Waals surface area contributed by atoms with Gasteiger partial charge in [-0.25, -0.2) is 4.98 Å². The Kier molecular flexibility index (Phi) is 4.02. The number of nitrogens with two attached hydrogens (primary N) is 1. The molecule has 0 unspecified atom stereocenters. The molecular formula is C13H16N4O2. The van der Waals surface area contributed by atoms with Crippen LogP contribution < -0.4 is 15.8 Å². The first-order chi connectivity index (χ1) is 9.19. The van der Waals surface area contributed by atoms with Crippen molar-refractivity contribution in [1.29, 1.82) is 0 Å². The third-order valence-corrected chi connectivity index (χ3v) is 2.47. The molecule has 2 aromatic rings. The second-order valence-corrected chi connectivity index (χ2v) is 3.94. The van der Waals surface area contributed by atoms with Gasteiger partial charge in [0.25, 0.3) is 5.91 Å². The zero-order valence-electron chi connectivity index (χ0n) is 10.6. The number of hydrogen-bond acceptors (Lipinski definition) is 4. The fraction of sp³-hybridized carbons (Fsp3) is 0.231. The molecule has 0 aliphatic carbocycles. The van der Waals surface area contributed by atoms with Crippen LogP contribution in [0, 0.1) is 0 Å². The smallest absolute Gasteiger partial charge is 0.251 e. The largest absolute Gasteiger partial charge is 0.494 e. The number of H-pyrrole nitrogens is 1. The number of nitrogens with zero attached hydrogens (tertiary/aromatic N) is 1. The molecule has 0 radical (unpaired) electrons. The van der Waals surface area contributed by atoms with Crippen LogP contribution in [0.3, 0.4) is 0 Å². The molecule has 1 amide bonds. The molecule has 0 aliphatic heterocycles. The van der Waals surface area contributed by atoms with Gasteiger partial charge in [-0.15, -0.1) is 0 Å². The SMILES string of the molecule is CCOc1cc(N)cc(C(=O)NCc2ncc[nH]2)c1. The molecule has 19 heavy (non-hydrogen) atoms. The van der Waals surface area contributed by atoms with Crippen LogP contribution in [0.1, 0.15) is 23.1 Å². The van der Waals surface area contributed by atoms with E-state index in [9.17, 15) is 4.79 Å². The van der Waals surface area contributed by atoms with Crippen molar-refractivity contribution in [3.8, 4) is 5.75 Å². The van der Waals surface area contributed by atoms with Crippen LogP contribution in [0.4, 0.5) is 5.69 Å². The highest BCUT2D eigenvalue weighted by Crippen LogP contribution is 2.18. The molecule has 100 valence electrons. The van der Waals surface area contributed by atoms with Crippen LogP contribution in [0.15, 0.2) is 30.6 Å². The topological polar surface area (TPSA) is 93.0 Å². The molecule has 0 spiro atoms. The molecule has 0 fully saturated rings. The average molecular weight is 260 g/mol. The number of carbonyl (C=O) groups is 1. The fourth-order valence-electron chi connectivity index (χ4n) is 1.66. The molecule has 0 atom stereocenters. The minimum Gasteiger partial charge on any atom is -0.494 e. The third-order valence-electron chi connectivity index (χ3n) is 2.47. The molecule has 1 heterocycles. The first-order valence-corrected chi connectivity index (χ1v) is 5.99. The first kappa shape index (κ1) is 12.9. The van der Waals surface area contributed by atoms with Crippen molar-refractivity contribution in [3.63, 3.8) is 0 Å². The van der Waals surface area contributed by atoms with Crippen LogP contribution >= 0.6 is 0 Å². The van der Waals surface area contributed by atoms with Gasteiger partial charge in [-0.1, -0.05) is 0 Å². The van der Waals surface area contributed by atoms with E-state index in [4.69, 9.17) is 10.5 Å². The third kappa shape index (κ3) is 3.48. The molecule has 6 heteroatoms. The summed E-state index contributed by atoms with van der Waals surface area (Å²) in [5.41, 5.74) is 6.70. The molecule has 0 aliphatic rings. The predicted octanol–water partition coefficient (Wildman–Crippen LogP) is 1.32. The highest BCUT2D eigenvalue weighted by atomic mass is 16.5. The van der Waals surface area contributed by atoms with Crippen LogP contribution in [-0.2, 0) is 6.54 Å². The van der Waals surface area contributed by atoms with Gasteiger partial charge in [0.1, 0.15) is 11.6 Å². The number of aromatic nitrogens is 2. The lowest BCUT2D eigenvalue weighted by Gasteiger charge is -2.08. The van der Waals surface area contributed by atoms with E-state index in [1.165, 1.54) is 0 Å². The number of anilines is 1. The van der Waals surface area contributed by atoms with E-state index in [0.29, 0.717) is 36.0 Å². The summed E-state index contributed by atoms with van der Waals surface area (Å²) in [6.07, 6.45) is 3.34. The van der Waals surface area contributed by atoms with Gasteiger partial charge in [0.2, 0.25) is 0 Å². The van der Waals surface area contributed by atoms with Gasteiger partial charge < -0.3 is 20.8 Å². The van der Waals surface area contributed by atoms with Crippen molar-refractivity contribution < 1.29 is 9.53 Å². The Balaban J connectivity index is 2.05. The Bertz CT molecular complexity index is 552. The van der Waals surface area contributed by atoms with E-state index in [-0.39, 0.29) is 5.91 Å². The number of hydrogen-bond donors (Lipinski definition) is 3. The van der Waals surface area contributed by atoms with Gasteiger partial charge in [-0.3, -0.25) is 4.79 Å². The summed E-state index contributed by atoms with van der Waals surface area (Å²) in [5, 5.41) is 2.75. The normalized spacial score (nSPS) is 10.2. The van der Waals surface area contributed by atoms with Gasteiger partial charge in [-0.2, -0.15) is 0 Å². The predicted molar refractivity (Wildman–Crippen MR) is 71.8 cm³/mol. The van der Waals surface area contributed by atoms with E-state index in [1.807, 2.05) is 6.92 Å². The Morgan fingerprint density at radius 2 is 2.32 bits per heavy atom. The number of imidazole rings is 1. The highest BCUT2D eigenvalue weighted by molar-refractivity contribution is 5.95. The van der Waals surface area contributed by atoms with E-state index < -0.39 is 0 Å². The Morgan fingerprint density at radius 3 is 3.00 bits per heavy atom. The highest BCUT2D eigenvalue weighted by Gasteiger charge is 2.09. The summed E-state index contributed by atoms with van der Waals surface area (Å²) < 4.78 is 5.35. The van der Waals surface area contributed by atoms with Crippen LogP contribution in [0.5, 0.6) is 5.75 Å².